The number of hydrazine groups is 1. The van der Waals surface area contributed by atoms with Gasteiger partial charge in [0.15, 0.2) is 6.61 Å². The number of aryl methyl sites for hydroxylation is 1. The second-order valence-electron chi connectivity index (χ2n) is 5.55. The summed E-state index contributed by atoms with van der Waals surface area (Å²) in [4.78, 5) is 24.4. The molecule has 0 unspecified atom stereocenters. The van der Waals surface area contributed by atoms with E-state index in [-0.39, 0.29) is 12.2 Å². The largest absolute Gasteiger partial charge is 0.482 e. The summed E-state index contributed by atoms with van der Waals surface area (Å²) in [7, 11) is 0. The predicted molar refractivity (Wildman–Crippen MR) is 99.2 cm³/mol. The molecule has 1 heterocycles. The molecule has 0 saturated heterocycles. The molecule has 2 N–H and O–H groups in total. The van der Waals surface area contributed by atoms with Crippen LogP contribution in [0.4, 0.5) is 0 Å². The number of para-hydroxylation sites is 1. The van der Waals surface area contributed by atoms with Crippen molar-refractivity contribution in [1.29, 1.82) is 0 Å². The number of rotatable bonds is 5. The van der Waals surface area contributed by atoms with Crippen LogP contribution in [0, 0.1) is 6.92 Å². The van der Waals surface area contributed by atoms with Gasteiger partial charge in [0.2, 0.25) is 0 Å². The number of halogens is 1. The number of carbonyl (C=O) groups is 2. The van der Waals surface area contributed by atoms with E-state index in [0.717, 1.165) is 5.56 Å². The molecule has 0 atom stereocenters. The van der Waals surface area contributed by atoms with Crippen LogP contribution in [-0.4, -0.2) is 23.6 Å². The molecule has 138 valence electrons. The molecule has 1 aromatic heterocycles. The SMILES string of the molecule is Cc1onc(-c2ccccc2)c1C(=O)NNC(=O)COc1ccccc1Cl. The van der Waals surface area contributed by atoms with Gasteiger partial charge in [0.1, 0.15) is 22.8 Å². The van der Waals surface area contributed by atoms with Gasteiger partial charge in [-0.3, -0.25) is 20.4 Å². The smallest absolute Gasteiger partial charge is 0.276 e. The van der Waals surface area contributed by atoms with Crippen LogP contribution in [0.2, 0.25) is 5.02 Å². The van der Waals surface area contributed by atoms with Gasteiger partial charge in [-0.25, -0.2) is 0 Å². The number of hydrogen-bond acceptors (Lipinski definition) is 5. The summed E-state index contributed by atoms with van der Waals surface area (Å²) in [6.07, 6.45) is 0. The first-order chi connectivity index (χ1) is 13.1. The number of hydrogen-bond donors (Lipinski definition) is 2. The number of nitrogens with one attached hydrogen (secondary N) is 2. The van der Waals surface area contributed by atoms with Gasteiger partial charge < -0.3 is 9.26 Å². The molecule has 0 aliphatic rings. The summed E-state index contributed by atoms with van der Waals surface area (Å²) in [5.41, 5.74) is 5.99. The lowest BCUT2D eigenvalue weighted by atomic mass is 10.1. The maximum absolute atomic E-state index is 12.5. The maximum Gasteiger partial charge on any atom is 0.276 e. The third kappa shape index (κ3) is 4.45. The molecule has 0 spiro atoms. The van der Waals surface area contributed by atoms with Crippen LogP contribution in [0.1, 0.15) is 16.1 Å². The van der Waals surface area contributed by atoms with Crippen LogP contribution in [0.3, 0.4) is 0 Å². The Balaban J connectivity index is 1.61. The molecule has 3 rings (SSSR count). The highest BCUT2D eigenvalue weighted by atomic mass is 35.5. The molecule has 0 radical (unpaired) electrons. The summed E-state index contributed by atoms with van der Waals surface area (Å²) in [5.74, 6) is -0.368. The second-order valence-corrected chi connectivity index (χ2v) is 5.96. The van der Waals surface area contributed by atoms with E-state index in [0.29, 0.717) is 22.2 Å². The third-order valence-corrected chi connectivity index (χ3v) is 3.96. The van der Waals surface area contributed by atoms with Crippen molar-refractivity contribution in [1.82, 2.24) is 16.0 Å². The van der Waals surface area contributed by atoms with E-state index in [9.17, 15) is 9.59 Å². The lowest BCUT2D eigenvalue weighted by Gasteiger charge is -2.09. The monoisotopic (exact) mass is 385 g/mol. The molecule has 2 aromatic carbocycles. The fraction of sp³-hybridized carbons (Fsp3) is 0.105. The quantitative estimate of drug-likeness (QED) is 0.658. The van der Waals surface area contributed by atoms with Gasteiger partial charge in [0.25, 0.3) is 11.8 Å². The summed E-state index contributed by atoms with van der Waals surface area (Å²) >= 11 is 5.95. The molecule has 7 nitrogen and oxygen atoms in total. The van der Waals surface area contributed by atoms with E-state index in [4.69, 9.17) is 20.9 Å². The lowest BCUT2D eigenvalue weighted by Crippen LogP contribution is -2.44. The predicted octanol–water partition coefficient (Wildman–Crippen LogP) is 3.14. The Morgan fingerprint density at radius 3 is 2.52 bits per heavy atom. The molecule has 0 saturated carbocycles. The highest BCUT2D eigenvalue weighted by molar-refractivity contribution is 6.32. The van der Waals surface area contributed by atoms with Crippen molar-refractivity contribution in [3.05, 3.63) is 70.9 Å². The molecule has 0 aliphatic heterocycles. The van der Waals surface area contributed by atoms with E-state index in [2.05, 4.69) is 16.0 Å². The number of aromatic nitrogens is 1. The van der Waals surface area contributed by atoms with E-state index >= 15 is 0 Å². The minimum atomic E-state index is -0.543. The van der Waals surface area contributed by atoms with Crippen LogP contribution < -0.4 is 15.6 Å². The standard InChI is InChI=1S/C19H16ClN3O4/c1-12-17(18(23-27-12)13-7-3-2-4-8-13)19(25)22-21-16(24)11-26-15-10-6-5-9-14(15)20/h2-10H,11H2,1H3,(H,21,24)(H,22,25). The van der Waals surface area contributed by atoms with Crippen molar-refractivity contribution in [3.8, 4) is 17.0 Å². The van der Waals surface area contributed by atoms with Crippen molar-refractivity contribution < 1.29 is 18.8 Å². The molecular formula is C19H16ClN3O4. The van der Waals surface area contributed by atoms with E-state index in [1.807, 2.05) is 30.3 Å². The highest BCUT2D eigenvalue weighted by Gasteiger charge is 2.21. The minimum absolute atomic E-state index is 0.244. The van der Waals surface area contributed by atoms with Crippen molar-refractivity contribution in [2.24, 2.45) is 0 Å². The highest BCUT2D eigenvalue weighted by Crippen LogP contribution is 2.25. The summed E-state index contributed by atoms with van der Waals surface area (Å²) in [6.45, 7) is 1.31. The molecule has 8 heteroatoms. The Morgan fingerprint density at radius 1 is 1.07 bits per heavy atom. The van der Waals surface area contributed by atoms with Crippen molar-refractivity contribution >= 4 is 23.4 Å². The van der Waals surface area contributed by atoms with Crippen LogP contribution >= 0.6 is 11.6 Å². The zero-order valence-corrected chi connectivity index (χ0v) is 15.1. The Bertz CT molecular complexity index is 957. The first kappa shape index (κ1) is 18.5. The summed E-state index contributed by atoms with van der Waals surface area (Å²) < 4.78 is 10.4. The summed E-state index contributed by atoms with van der Waals surface area (Å²) in [6, 6.07) is 15.9. The van der Waals surface area contributed by atoms with Crippen LogP contribution in [0.15, 0.2) is 59.1 Å². The van der Waals surface area contributed by atoms with Gasteiger partial charge in [-0.15, -0.1) is 0 Å². The van der Waals surface area contributed by atoms with Crippen molar-refractivity contribution in [3.63, 3.8) is 0 Å². The fourth-order valence-corrected chi connectivity index (χ4v) is 2.55. The van der Waals surface area contributed by atoms with Crippen molar-refractivity contribution in [2.75, 3.05) is 6.61 Å². The number of carbonyl (C=O) groups excluding carboxylic acids is 2. The number of ether oxygens (including phenoxy) is 1. The maximum atomic E-state index is 12.5. The van der Waals surface area contributed by atoms with Gasteiger partial charge in [-0.2, -0.15) is 0 Å². The molecular weight excluding hydrogens is 370 g/mol. The van der Waals surface area contributed by atoms with Gasteiger partial charge >= 0.3 is 0 Å². The zero-order chi connectivity index (χ0) is 19.2. The first-order valence-corrected chi connectivity index (χ1v) is 8.42. The molecule has 27 heavy (non-hydrogen) atoms. The number of amides is 2. The summed E-state index contributed by atoms with van der Waals surface area (Å²) in [5, 5.41) is 4.32. The van der Waals surface area contributed by atoms with Crippen LogP contribution in [0.25, 0.3) is 11.3 Å². The molecule has 3 aromatic rings. The van der Waals surface area contributed by atoms with E-state index in [1.54, 1.807) is 31.2 Å². The average Bonchev–Trinajstić information content (AvgIpc) is 3.07. The Labute approximate surface area is 160 Å². The minimum Gasteiger partial charge on any atom is -0.482 e. The second kappa shape index (κ2) is 8.37. The van der Waals surface area contributed by atoms with Gasteiger partial charge in [-0.1, -0.05) is 59.2 Å². The normalized spacial score (nSPS) is 10.3. The Morgan fingerprint density at radius 2 is 1.78 bits per heavy atom. The Hall–Kier alpha value is -3.32. The first-order valence-electron chi connectivity index (χ1n) is 8.04. The molecule has 0 bridgehead atoms. The third-order valence-electron chi connectivity index (χ3n) is 3.65. The van der Waals surface area contributed by atoms with Gasteiger partial charge in [-0.05, 0) is 19.1 Å². The zero-order valence-electron chi connectivity index (χ0n) is 14.4. The average molecular weight is 386 g/mol. The van der Waals surface area contributed by atoms with E-state index in [1.165, 1.54) is 0 Å². The van der Waals surface area contributed by atoms with Gasteiger partial charge in [0, 0.05) is 5.56 Å². The van der Waals surface area contributed by atoms with Gasteiger partial charge in [0.05, 0.1) is 5.02 Å². The topological polar surface area (TPSA) is 93.5 Å². The molecule has 2 amide bonds. The molecule has 0 aliphatic carbocycles. The van der Waals surface area contributed by atoms with Crippen LogP contribution in [0.5, 0.6) is 5.75 Å². The Kier molecular flexibility index (Phi) is 5.73. The van der Waals surface area contributed by atoms with Crippen LogP contribution in [-0.2, 0) is 4.79 Å². The fourth-order valence-electron chi connectivity index (χ4n) is 2.36. The van der Waals surface area contributed by atoms with Crippen molar-refractivity contribution in [2.45, 2.75) is 6.92 Å². The number of benzene rings is 2. The lowest BCUT2D eigenvalue weighted by molar-refractivity contribution is -0.123. The molecule has 0 fully saturated rings. The van der Waals surface area contributed by atoms with E-state index < -0.39 is 11.8 Å². The number of nitrogens with zero attached hydrogens (tertiary/aromatic N) is 1.